The van der Waals surface area contributed by atoms with Crippen LogP contribution in [0.5, 0.6) is 0 Å². The Morgan fingerprint density at radius 2 is 1.88 bits per heavy atom. The number of ether oxygens (including phenoxy) is 1. The van der Waals surface area contributed by atoms with Crippen molar-refractivity contribution in [2.45, 2.75) is 46.8 Å². The second kappa shape index (κ2) is 7.49. The molecule has 1 unspecified atom stereocenters. The maximum absolute atomic E-state index is 10.9. The van der Waals surface area contributed by atoms with E-state index in [1.54, 1.807) is 0 Å². The fraction of sp³-hybridized carbons (Fsp3) is 0.909. The van der Waals surface area contributed by atoms with Gasteiger partial charge >= 0.3 is 0 Å². The molecule has 0 bridgehead atoms. The molecular formula is C11H17Br3O2. The van der Waals surface area contributed by atoms with Crippen molar-refractivity contribution in [2.75, 3.05) is 6.61 Å². The number of rotatable bonds is 5. The molecule has 0 spiro atoms. The number of carbonyl (C=O) groups excluding carboxylic acids is 1. The Bertz CT molecular complexity index is 210. The van der Waals surface area contributed by atoms with Gasteiger partial charge in [-0.3, -0.25) is 0 Å². The molecule has 0 radical (unpaired) electrons. The Morgan fingerprint density at radius 1 is 1.25 bits per heavy atom. The van der Waals surface area contributed by atoms with E-state index in [1.165, 1.54) is 32.1 Å². The second-order valence-corrected chi connectivity index (χ2v) is 11.1. The zero-order valence-electron chi connectivity index (χ0n) is 9.13. The minimum Gasteiger partial charge on any atom is -0.378 e. The molecular weight excluding hydrogens is 404 g/mol. The highest BCUT2D eigenvalue weighted by molar-refractivity contribution is 9.39. The van der Waals surface area contributed by atoms with Crippen LogP contribution in [0.2, 0.25) is 0 Å². The minimum atomic E-state index is -0.495. The van der Waals surface area contributed by atoms with Crippen molar-refractivity contribution in [1.29, 1.82) is 0 Å². The van der Waals surface area contributed by atoms with Crippen molar-refractivity contribution in [3.8, 4) is 0 Å². The minimum absolute atomic E-state index is 0.129. The normalized spacial score (nSPS) is 20.7. The van der Waals surface area contributed by atoms with Crippen LogP contribution in [0.15, 0.2) is 0 Å². The van der Waals surface area contributed by atoms with Crippen LogP contribution in [-0.2, 0) is 9.53 Å². The van der Waals surface area contributed by atoms with Gasteiger partial charge in [0.2, 0.25) is 0 Å². The standard InChI is InChI=1S/C11H17Br3O2/c12-11(13,14)9(8-15)6-7-16-10-4-2-1-3-5-10/h8-10H,1-7H2. The highest BCUT2D eigenvalue weighted by atomic mass is 80.0. The van der Waals surface area contributed by atoms with Gasteiger partial charge in [0.05, 0.1) is 12.0 Å². The zero-order chi connectivity index (χ0) is 12.0. The average Bonchev–Trinajstić information content (AvgIpc) is 2.24. The molecule has 1 rings (SSSR count). The molecule has 2 nitrogen and oxygen atoms in total. The van der Waals surface area contributed by atoms with Gasteiger partial charge in [-0.25, -0.2) is 0 Å². The summed E-state index contributed by atoms with van der Waals surface area (Å²) in [7, 11) is 0. The first kappa shape index (κ1) is 15.1. The van der Waals surface area contributed by atoms with Crippen LogP contribution < -0.4 is 0 Å². The Labute approximate surface area is 122 Å². The monoisotopic (exact) mass is 418 g/mol. The van der Waals surface area contributed by atoms with Gasteiger partial charge in [0, 0.05) is 6.61 Å². The summed E-state index contributed by atoms with van der Waals surface area (Å²) in [5, 5.41) is 0. The lowest BCUT2D eigenvalue weighted by Crippen LogP contribution is -2.23. The third-order valence-electron chi connectivity index (χ3n) is 2.92. The molecule has 0 aromatic heterocycles. The summed E-state index contributed by atoms with van der Waals surface area (Å²) in [5.41, 5.74) is 0. The summed E-state index contributed by atoms with van der Waals surface area (Å²) in [4.78, 5) is 10.9. The molecule has 0 amide bonds. The van der Waals surface area contributed by atoms with E-state index in [-0.39, 0.29) is 5.92 Å². The Kier molecular flexibility index (Phi) is 7.08. The average molecular weight is 421 g/mol. The molecule has 0 aromatic rings. The van der Waals surface area contributed by atoms with Crippen LogP contribution in [0.1, 0.15) is 38.5 Å². The predicted molar refractivity (Wildman–Crippen MR) is 76.5 cm³/mol. The molecule has 1 aliphatic carbocycles. The molecule has 1 atom stereocenters. The quantitative estimate of drug-likeness (QED) is 0.487. The molecule has 1 fully saturated rings. The molecule has 94 valence electrons. The van der Waals surface area contributed by atoms with Gasteiger partial charge in [0.15, 0.2) is 0 Å². The van der Waals surface area contributed by atoms with E-state index in [0.29, 0.717) is 12.7 Å². The number of carbonyl (C=O) groups is 1. The lowest BCUT2D eigenvalue weighted by atomic mass is 9.98. The van der Waals surface area contributed by atoms with Gasteiger partial charge in [0.25, 0.3) is 0 Å². The summed E-state index contributed by atoms with van der Waals surface area (Å²) in [6, 6.07) is 0. The van der Waals surface area contributed by atoms with Gasteiger partial charge in [-0.2, -0.15) is 0 Å². The van der Waals surface area contributed by atoms with Gasteiger partial charge < -0.3 is 9.53 Å². The predicted octanol–water partition coefficient (Wildman–Crippen LogP) is 4.38. The van der Waals surface area contributed by atoms with Crippen LogP contribution in [0.25, 0.3) is 0 Å². The molecule has 0 N–H and O–H groups in total. The molecule has 0 aliphatic heterocycles. The summed E-state index contributed by atoms with van der Waals surface area (Å²) in [5.74, 6) is -0.129. The highest BCUT2D eigenvalue weighted by Crippen LogP contribution is 2.41. The lowest BCUT2D eigenvalue weighted by Gasteiger charge is -2.24. The molecule has 0 saturated heterocycles. The summed E-state index contributed by atoms with van der Waals surface area (Å²) in [6.07, 6.45) is 8.33. The van der Waals surface area contributed by atoms with Crippen molar-refractivity contribution < 1.29 is 9.53 Å². The fourth-order valence-electron chi connectivity index (χ4n) is 1.90. The van der Waals surface area contributed by atoms with Crippen LogP contribution in [0, 0.1) is 5.92 Å². The largest absolute Gasteiger partial charge is 0.378 e. The van der Waals surface area contributed by atoms with Crippen LogP contribution in [0.3, 0.4) is 0 Å². The number of hydrogen-bond acceptors (Lipinski definition) is 2. The lowest BCUT2D eigenvalue weighted by molar-refractivity contribution is -0.111. The first-order valence-electron chi connectivity index (χ1n) is 5.67. The van der Waals surface area contributed by atoms with E-state index in [0.717, 1.165) is 12.7 Å². The second-order valence-electron chi connectivity index (χ2n) is 4.20. The van der Waals surface area contributed by atoms with Crippen molar-refractivity contribution in [1.82, 2.24) is 0 Å². The Morgan fingerprint density at radius 3 is 2.38 bits per heavy atom. The van der Waals surface area contributed by atoms with Gasteiger partial charge in [-0.05, 0) is 19.3 Å². The number of alkyl halides is 3. The number of aldehydes is 1. The zero-order valence-corrected chi connectivity index (χ0v) is 13.9. The first-order valence-corrected chi connectivity index (χ1v) is 8.05. The van der Waals surface area contributed by atoms with Gasteiger partial charge in [0.1, 0.15) is 8.43 Å². The van der Waals surface area contributed by atoms with Crippen LogP contribution in [0.4, 0.5) is 0 Å². The smallest absolute Gasteiger partial charge is 0.144 e. The van der Waals surface area contributed by atoms with Crippen LogP contribution in [-0.4, -0.2) is 21.1 Å². The van der Waals surface area contributed by atoms with E-state index in [4.69, 9.17) is 4.74 Å². The molecule has 0 aromatic carbocycles. The maximum atomic E-state index is 10.9. The Balaban J connectivity index is 2.20. The SMILES string of the molecule is O=CC(CCOC1CCCCC1)C(Br)(Br)Br. The molecule has 5 heteroatoms. The first-order chi connectivity index (χ1) is 7.54. The molecule has 0 heterocycles. The van der Waals surface area contributed by atoms with Crippen LogP contribution >= 0.6 is 47.8 Å². The molecule has 1 aliphatic rings. The van der Waals surface area contributed by atoms with Crippen molar-refractivity contribution in [2.24, 2.45) is 5.92 Å². The number of hydrogen-bond donors (Lipinski definition) is 0. The topological polar surface area (TPSA) is 26.3 Å². The molecule has 16 heavy (non-hydrogen) atoms. The number of halogens is 3. The Hall–Kier alpha value is 1.07. The maximum Gasteiger partial charge on any atom is 0.144 e. The van der Waals surface area contributed by atoms with E-state index in [1.807, 2.05) is 0 Å². The van der Waals surface area contributed by atoms with Gasteiger partial charge in [-0.15, -0.1) is 0 Å². The summed E-state index contributed by atoms with van der Waals surface area (Å²) in [6.45, 7) is 0.651. The summed E-state index contributed by atoms with van der Waals surface area (Å²) < 4.78 is 5.29. The fourth-order valence-corrected chi connectivity index (χ4v) is 2.91. The van der Waals surface area contributed by atoms with E-state index < -0.39 is 2.14 Å². The highest BCUT2D eigenvalue weighted by Gasteiger charge is 2.30. The molecule has 1 saturated carbocycles. The third kappa shape index (κ3) is 5.61. The van der Waals surface area contributed by atoms with Crippen molar-refractivity contribution in [3.05, 3.63) is 0 Å². The summed E-state index contributed by atoms with van der Waals surface area (Å²) >= 11 is 10.1. The van der Waals surface area contributed by atoms with Crippen molar-refractivity contribution in [3.63, 3.8) is 0 Å². The third-order valence-corrected chi connectivity index (χ3v) is 4.68. The van der Waals surface area contributed by atoms with Gasteiger partial charge in [-0.1, -0.05) is 67.1 Å². The van der Waals surface area contributed by atoms with Crippen molar-refractivity contribution >= 4 is 54.1 Å². The van der Waals surface area contributed by atoms with E-state index in [9.17, 15) is 4.79 Å². The van der Waals surface area contributed by atoms with E-state index in [2.05, 4.69) is 47.8 Å². The van der Waals surface area contributed by atoms with E-state index >= 15 is 0 Å².